The van der Waals surface area contributed by atoms with E-state index in [0.29, 0.717) is 0 Å². The predicted molar refractivity (Wildman–Crippen MR) is 91.1 cm³/mol. The average molecular weight is 455 g/mol. The maximum absolute atomic E-state index is 6.05. The molecule has 98 valence electrons. The second-order valence-electron chi connectivity index (χ2n) is 4.79. The first kappa shape index (κ1) is 16.5. The lowest BCUT2D eigenvalue weighted by molar-refractivity contribution is 0.266. The molecule has 5 heteroatoms. The van der Waals surface area contributed by atoms with Crippen LogP contribution in [0.4, 0.5) is 0 Å². The van der Waals surface area contributed by atoms with Crippen molar-refractivity contribution in [2.45, 2.75) is 27.9 Å². The molecular formula is C13H15Br3OSi. The van der Waals surface area contributed by atoms with Crippen molar-refractivity contribution in [1.82, 2.24) is 0 Å². The van der Waals surface area contributed by atoms with Crippen molar-refractivity contribution in [3.05, 3.63) is 35.9 Å². The first-order valence-electron chi connectivity index (χ1n) is 5.49. The molecule has 1 atom stereocenters. The highest BCUT2D eigenvalue weighted by Crippen LogP contribution is 2.39. The molecule has 0 bridgehead atoms. The Balaban J connectivity index is 2.90. The van der Waals surface area contributed by atoms with Gasteiger partial charge in [-0.15, -0.1) is 0 Å². The van der Waals surface area contributed by atoms with Crippen LogP contribution >= 0.6 is 47.8 Å². The van der Waals surface area contributed by atoms with E-state index in [2.05, 4.69) is 79.3 Å². The molecular weight excluding hydrogens is 440 g/mol. The van der Waals surface area contributed by atoms with Gasteiger partial charge in [-0.3, -0.25) is 0 Å². The molecule has 18 heavy (non-hydrogen) atoms. The van der Waals surface area contributed by atoms with Crippen LogP contribution in [-0.4, -0.2) is 16.6 Å². The summed E-state index contributed by atoms with van der Waals surface area (Å²) in [6, 6.07) is 9.89. The van der Waals surface area contributed by atoms with Gasteiger partial charge >= 0.3 is 0 Å². The lowest BCUT2D eigenvalue weighted by Crippen LogP contribution is -2.37. The third kappa shape index (κ3) is 6.53. The SMILES string of the molecule is C[Si](C)(C)O[C@@H](C#Cc1ccccc1)C(Br)(Br)Br. The Morgan fingerprint density at radius 1 is 1.11 bits per heavy atom. The van der Waals surface area contributed by atoms with E-state index in [4.69, 9.17) is 4.43 Å². The van der Waals surface area contributed by atoms with Crippen LogP contribution in [0.5, 0.6) is 0 Å². The molecule has 0 aliphatic carbocycles. The zero-order valence-corrected chi connectivity index (χ0v) is 16.3. The fraction of sp³-hybridized carbons (Fsp3) is 0.385. The van der Waals surface area contributed by atoms with E-state index in [-0.39, 0.29) is 6.10 Å². The molecule has 0 radical (unpaired) electrons. The number of benzene rings is 1. The van der Waals surface area contributed by atoms with Crippen LogP contribution in [0.2, 0.25) is 19.6 Å². The first-order valence-corrected chi connectivity index (χ1v) is 11.3. The van der Waals surface area contributed by atoms with Gasteiger partial charge < -0.3 is 4.43 Å². The normalized spacial score (nSPS) is 13.7. The van der Waals surface area contributed by atoms with E-state index in [1.54, 1.807) is 0 Å². The van der Waals surface area contributed by atoms with E-state index in [9.17, 15) is 0 Å². The van der Waals surface area contributed by atoms with Crippen LogP contribution in [-0.2, 0) is 4.43 Å². The van der Waals surface area contributed by atoms with E-state index in [1.165, 1.54) is 0 Å². The first-order chi connectivity index (χ1) is 8.18. The summed E-state index contributed by atoms with van der Waals surface area (Å²) in [4.78, 5) is 0. The van der Waals surface area contributed by atoms with Gasteiger partial charge in [0, 0.05) is 5.56 Å². The second-order valence-corrected chi connectivity index (χ2v) is 16.2. The molecule has 0 heterocycles. The topological polar surface area (TPSA) is 9.23 Å². The van der Waals surface area contributed by atoms with Crippen LogP contribution in [0.3, 0.4) is 0 Å². The average Bonchev–Trinajstić information content (AvgIpc) is 2.22. The van der Waals surface area contributed by atoms with Crippen LogP contribution in [0.15, 0.2) is 30.3 Å². The highest BCUT2D eigenvalue weighted by Gasteiger charge is 2.34. The number of halogens is 3. The number of rotatable bonds is 2. The van der Waals surface area contributed by atoms with Crippen LogP contribution in [0, 0.1) is 11.8 Å². The van der Waals surface area contributed by atoms with Gasteiger partial charge in [-0.2, -0.15) is 0 Å². The number of hydrogen-bond acceptors (Lipinski definition) is 1. The summed E-state index contributed by atoms with van der Waals surface area (Å²) in [5.41, 5.74) is 0.985. The fourth-order valence-corrected chi connectivity index (χ4v) is 3.29. The van der Waals surface area contributed by atoms with Crippen LogP contribution in [0.25, 0.3) is 0 Å². The highest BCUT2D eigenvalue weighted by atomic mass is 80.0. The molecule has 1 aromatic rings. The van der Waals surface area contributed by atoms with Crippen LogP contribution < -0.4 is 0 Å². The molecule has 1 nitrogen and oxygen atoms in total. The minimum atomic E-state index is -1.66. The quantitative estimate of drug-likeness (QED) is 0.343. The van der Waals surface area contributed by atoms with E-state index >= 15 is 0 Å². The Kier molecular flexibility index (Phi) is 6.14. The minimum absolute atomic E-state index is 0.260. The van der Waals surface area contributed by atoms with E-state index in [1.807, 2.05) is 30.3 Å². The Morgan fingerprint density at radius 3 is 2.11 bits per heavy atom. The molecule has 0 aromatic heterocycles. The van der Waals surface area contributed by atoms with Gasteiger partial charge in [-0.05, 0) is 31.8 Å². The summed E-state index contributed by atoms with van der Waals surface area (Å²) in [7, 11) is -1.66. The molecule has 0 aliphatic heterocycles. The van der Waals surface area contributed by atoms with Gasteiger partial charge in [0.15, 0.2) is 10.5 Å². The maximum atomic E-state index is 6.05. The van der Waals surface area contributed by atoms with E-state index < -0.39 is 10.5 Å². The summed E-state index contributed by atoms with van der Waals surface area (Å²) in [5, 5.41) is 0. The van der Waals surface area contributed by atoms with Crippen molar-refractivity contribution >= 4 is 56.1 Å². The summed E-state index contributed by atoms with van der Waals surface area (Å²) in [5.74, 6) is 6.29. The lowest BCUT2D eigenvalue weighted by atomic mass is 10.2. The van der Waals surface area contributed by atoms with Gasteiger partial charge in [0.05, 0.1) is 0 Å². The molecule has 1 rings (SSSR count). The molecule has 0 spiro atoms. The Bertz CT molecular complexity index is 437. The Morgan fingerprint density at radius 2 is 1.67 bits per heavy atom. The van der Waals surface area contributed by atoms with Crippen molar-refractivity contribution < 1.29 is 4.43 Å². The molecule has 0 unspecified atom stereocenters. The minimum Gasteiger partial charge on any atom is -0.401 e. The van der Waals surface area contributed by atoms with Crippen molar-refractivity contribution in [3.63, 3.8) is 0 Å². The van der Waals surface area contributed by atoms with Gasteiger partial charge in [0.2, 0.25) is 0 Å². The van der Waals surface area contributed by atoms with Crippen molar-refractivity contribution in [3.8, 4) is 11.8 Å². The van der Waals surface area contributed by atoms with Crippen molar-refractivity contribution in [2.75, 3.05) is 0 Å². The molecule has 1 aromatic carbocycles. The Labute approximate surface area is 135 Å². The third-order valence-electron chi connectivity index (χ3n) is 1.89. The van der Waals surface area contributed by atoms with Gasteiger partial charge in [-0.1, -0.05) is 77.8 Å². The maximum Gasteiger partial charge on any atom is 0.185 e. The van der Waals surface area contributed by atoms with Crippen LogP contribution in [0.1, 0.15) is 5.56 Å². The van der Waals surface area contributed by atoms with E-state index in [0.717, 1.165) is 5.56 Å². The lowest BCUT2D eigenvalue weighted by Gasteiger charge is -2.28. The van der Waals surface area contributed by atoms with Gasteiger partial charge in [0.1, 0.15) is 6.10 Å². The monoisotopic (exact) mass is 452 g/mol. The highest BCUT2D eigenvalue weighted by molar-refractivity contribution is 9.39. The summed E-state index contributed by atoms with van der Waals surface area (Å²) >= 11 is 10.5. The van der Waals surface area contributed by atoms with Crippen molar-refractivity contribution in [1.29, 1.82) is 0 Å². The summed E-state index contributed by atoms with van der Waals surface area (Å²) in [6.45, 7) is 6.43. The smallest absolute Gasteiger partial charge is 0.185 e. The molecule has 0 saturated heterocycles. The molecule has 0 amide bonds. The zero-order chi connectivity index (χ0) is 13.8. The molecule has 0 aliphatic rings. The second kappa shape index (κ2) is 6.71. The zero-order valence-electron chi connectivity index (χ0n) is 10.5. The summed E-state index contributed by atoms with van der Waals surface area (Å²) < 4.78 is 5.53. The fourth-order valence-electron chi connectivity index (χ4n) is 1.20. The molecule has 0 saturated carbocycles. The molecule has 0 N–H and O–H groups in total. The summed E-state index contributed by atoms with van der Waals surface area (Å²) in [6.07, 6.45) is -0.260. The largest absolute Gasteiger partial charge is 0.401 e. The standard InChI is InChI=1S/C13H15Br3OSi/c1-18(2,3)17-12(13(14,15)16)10-9-11-7-5-4-6-8-11/h4-8,12H,1-3H3/t12-/m0/s1. The van der Waals surface area contributed by atoms with Crippen molar-refractivity contribution in [2.24, 2.45) is 0 Å². The number of hydrogen-bond donors (Lipinski definition) is 0. The van der Waals surface area contributed by atoms with Gasteiger partial charge in [-0.25, -0.2) is 0 Å². The Hall–Kier alpha value is 0.397. The molecule has 0 fully saturated rings. The van der Waals surface area contributed by atoms with Gasteiger partial charge in [0.25, 0.3) is 0 Å². The third-order valence-corrected chi connectivity index (χ3v) is 4.08. The number of alkyl halides is 3. The predicted octanol–water partition coefficient (Wildman–Crippen LogP) is 5.10.